The zero-order valence-corrected chi connectivity index (χ0v) is 14.4. The minimum Gasteiger partial charge on any atom is -0.479 e. The molecular weight excluding hydrogens is 344 g/mol. The molecule has 25 heavy (non-hydrogen) atoms. The highest BCUT2D eigenvalue weighted by Crippen LogP contribution is 2.32. The normalized spacial score (nSPS) is 16.4. The molecule has 8 heteroatoms. The predicted molar refractivity (Wildman–Crippen MR) is 92.7 cm³/mol. The lowest BCUT2D eigenvalue weighted by atomic mass is 10.2. The maximum atomic E-state index is 12.3. The largest absolute Gasteiger partial charge is 0.479 e. The van der Waals surface area contributed by atoms with Gasteiger partial charge in [0.05, 0.1) is 10.6 Å². The smallest absolute Gasteiger partial charge is 0.265 e. The molecule has 0 saturated carbocycles. The molecule has 130 valence electrons. The third-order valence-electron chi connectivity index (χ3n) is 3.71. The van der Waals surface area contributed by atoms with Crippen molar-refractivity contribution in [3.8, 4) is 5.75 Å². The Morgan fingerprint density at radius 2 is 1.84 bits per heavy atom. The lowest BCUT2D eigenvalue weighted by Crippen LogP contribution is -2.34. The van der Waals surface area contributed by atoms with Gasteiger partial charge in [-0.25, -0.2) is 8.42 Å². The van der Waals surface area contributed by atoms with Gasteiger partial charge in [-0.1, -0.05) is 0 Å². The number of nitrogens with one attached hydrogen (secondary N) is 2. The van der Waals surface area contributed by atoms with E-state index >= 15 is 0 Å². The van der Waals surface area contributed by atoms with Crippen LogP contribution in [-0.2, 0) is 14.6 Å². The highest BCUT2D eigenvalue weighted by Gasteiger charge is 2.23. The van der Waals surface area contributed by atoms with E-state index in [1.54, 1.807) is 25.1 Å². The van der Waals surface area contributed by atoms with E-state index in [1.165, 1.54) is 24.3 Å². The number of amides is 2. The Morgan fingerprint density at radius 1 is 1.16 bits per heavy atom. The van der Waals surface area contributed by atoms with Gasteiger partial charge in [0.25, 0.3) is 11.8 Å². The molecule has 0 bridgehead atoms. The SMILES string of the molecule is C[C@H]1Oc2ccc(NC(=O)c3ccc(S(C)(=O)=O)cc3)cc2NC1=O. The van der Waals surface area contributed by atoms with Crippen molar-refractivity contribution in [3.63, 3.8) is 0 Å². The van der Waals surface area contributed by atoms with Crippen LogP contribution >= 0.6 is 0 Å². The van der Waals surface area contributed by atoms with E-state index in [0.29, 0.717) is 22.7 Å². The lowest BCUT2D eigenvalue weighted by molar-refractivity contribution is -0.122. The van der Waals surface area contributed by atoms with Gasteiger partial charge < -0.3 is 15.4 Å². The Bertz CT molecular complexity index is 952. The molecule has 3 rings (SSSR count). The maximum Gasteiger partial charge on any atom is 0.265 e. The topological polar surface area (TPSA) is 102 Å². The molecule has 2 aromatic carbocycles. The molecule has 2 amide bonds. The van der Waals surface area contributed by atoms with Crippen molar-refractivity contribution in [2.75, 3.05) is 16.9 Å². The minimum atomic E-state index is -3.31. The summed E-state index contributed by atoms with van der Waals surface area (Å²) in [6.07, 6.45) is 0.535. The van der Waals surface area contributed by atoms with Crippen LogP contribution in [0.4, 0.5) is 11.4 Å². The molecule has 7 nitrogen and oxygen atoms in total. The molecule has 1 atom stereocenters. The summed E-state index contributed by atoms with van der Waals surface area (Å²) in [6.45, 7) is 1.65. The van der Waals surface area contributed by atoms with E-state index in [0.717, 1.165) is 6.26 Å². The molecular formula is C17H16N2O5S. The summed E-state index contributed by atoms with van der Waals surface area (Å²) in [5, 5.41) is 5.40. The van der Waals surface area contributed by atoms with Gasteiger partial charge in [0, 0.05) is 17.5 Å². The molecule has 0 aliphatic carbocycles. The molecule has 1 aliphatic heterocycles. The van der Waals surface area contributed by atoms with Gasteiger partial charge in [-0.15, -0.1) is 0 Å². The number of hydrogen-bond donors (Lipinski definition) is 2. The number of fused-ring (bicyclic) bond motifs is 1. The summed E-state index contributed by atoms with van der Waals surface area (Å²) in [4.78, 5) is 24.1. The predicted octanol–water partition coefficient (Wildman–Crippen LogP) is 2.06. The molecule has 0 unspecified atom stereocenters. The van der Waals surface area contributed by atoms with Crippen molar-refractivity contribution in [1.82, 2.24) is 0 Å². The van der Waals surface area contributed by atoms with E-state index in [9.17, 15) is 18.0 Å². The fraction of sp³-hybridized carbons (Fsp3) is 0.176. The standard InChI is InChI=1S/C17H16N2O5S/c1-10-16(20)19-14-9-12(5-8-15(14)24-10)18-17(21)11-3-6-13(7-4-11)25(2,22)23/h3-10H,1-2H3,(H,18,21)(H,19,20)/t10-/m1/s1. The van der Waals surface area contributed by atoms with Crippen LogP contribution in [0.25, 0.3) is 0 Å². The van der Waals surface area contributed by atoms with Crippen molar-refractivity contribution in [2.24, 2.45) is 0 Å². The van der Waals surface area contributed by atoms with Gasteiger partial charge in [-0.3, -0.25) is 9.59 Å². The zero-order chi connectivity index (χ0) is 18.2. The first-order valence-corrected chi connectivity index (χ1v) is 9.36. The van der Waals surface area contributed by atoms with Crippen molar-refractivity contribution in [2.45, 2.75) is 17.9 Å². The van der Waals surface area contributed by atoms with Crippen LogP contribution in [0.2, 0.25) is 0 Å². The first-order valence-electron chi connectivity index (χ1n) is 7.47. The second-order valence-electron chi connectivity index (χ2n) is 5.71. The molecule has 0 spiro atoms. The second-order valence-corrected chi connectivity index (χ2v) is 7.73. The number of rotatable bonds is 3. The molecule has 1 heterocycles. The van der Waals surface area contributed by atoms with Crippen molar-refractivity contribution < 1.29 is 22.7 Å². The molecule has 0 radical (unpaired) electrons. The lowest BCUT2D eigenvalue weighted by Gasteiger charge is -2.23. The number of carbonyl (C=O) groups excluding carboxylic acids is 2. The van der Waals surface area contributed by atoms with Crippen LogP contribution < -0.4 is 15.4 Å². The van der Waals surface area contributed by atoms with E-state index in [1.807, 2.05) is 0 Å². The molecule has 0 aromatic heterocycles. The molecule has 2 N–H and O–H groups in total. The number of hydrogen-bond acceptors (Lipinski definition) is 5. The van der Waals surface area contributed by atoms with E-state index < -0.39 is 21.8 Å². The van der Waals surface area contributed by atoms with E-state index in [-0.39, 0.29) is 10.8 Å². The van der Waals surface area contributed by atoms with E-state index in [4.69, 9.17) is 4.74 Å². The number of carbonyl (C=O) groups is 2. The maximum absolute atomic E-state index is 12.3. The van der Waals surface area contributed by atoms with Gasteiger partial charge in [0.15, 0.2) is 15.9 Å². The Kier molecular flexibility index (Phi) is 4.22. The van der Waals surface area contributed by atoms with Gasteiger partial charge in [0.1, 0.15) is 5.75 Å². The Hall–Kier alpha value is -2.87. The van der Waals surface area contributed by atoms with Gasteiger partial charge in [0.2, 0.25) is 0 Å². The Labute approximate surface area is 144 Å². The quantitative estimate of drug-likeness (QED) is 0.872. The van der Waals surface area contributed by atoms with Gasteiger partial charge in [-0.2, -0.15) is 0 Å². The summed E-state index contributed by atoms with van der Waals surface area (Å²) < 4.78 is 28.3. The monoisotopic (exact) mass is 360 g/mol. The Balaban J connectivity index is 1.77. The summed E-state index contributed by atoms with van der Waals surface area (Å²) in [5.74, 6) is -0.119. The average molecular weight is 360 g/mol. The first kappa shape index (κ1) is 17.0. The summed E-state index contributed by atoms with van der Waals surface area (Å²) in [7, 11) is -3.31. The van der Waals surface area contributed by atoms with Crippen molar-refractivity contribution >= 4 is 33.0 Å². The average Bonchev–Trinajstić information content (AvgIpc) is 2.55. The minimum absolute atomic E-state index is 0.145. The van der Waals surface area contributed by atoms with Crippen LogP contribution in [0.5, 0.6) is 5.75 Å². The van der Waals surface area contributed by atoms with Crippen LogP contribution in [0.1, 0.15) is 17.3 Å². The van der Waals surface area contributed by atoms with E-state index in [2.05, 4.69) is 10.6 Å². The third-order valence-corrected chi connectivity index (χ3v) is 4.84. The first-order chi connectivity index (χ1) is 11.7. The summed E-state index contributed by atoms with van der Waals surface area (Å²) in [5.41, 5.74) is 1.28. The number of benzene rings is 2. The highest BCUT2D eigenvalue weighted by atomic mass is 32.2. The molecule has 0 fully saturated rings. The van der Waals surface area contributed by atoms with Gasteiger partial charge >= 0.3 is 0 Å². The van der Waals surface area contributed by atoms with Crippen LogP contribution in [0.15, 0.2) is 47.4 Å². The zero-order valence-electron chi connectivity index (χ0n) is 13.6. The Morgan fingerprint density at radius 3 is 2.48 bits per heavy atom. The number of sulfone groups is 1. The van der Waals surface area contributed by atoms with Gasteiger partial charge in [-0.05, 0) is 49.4 Å². The fourth-order valence-corrected chi connectivity index (χ4v) is 2.97. The van der Waals surface area contributed by atoms with Crippen molar-refractivity contribution in [3.05, 3.63) is 48.0 Å². The number of ether oxygens (including phenoxy) is 1. The summed E-state index contributed by atoms with van der Waals surface area (Å²) >= 11 is 0. The van der Waals surface area contributed by atoms with Crippen LogP contribution in [-0.4, -0.2) is 32.6 Å². The van der Waals surface area contributed by atoms with Crippen LogP contribution in [0.3, 0.4) is 0 Å². The molecule has 2 aromatic rings. The summed E-state index contributed by atoms with van der Waals surface area (Å²) in [6, 6.07) is 10.6. The molecule has 1 aliphatic rings. The van der Waals surface area contributed by atoms with Crippen molar-refractivity contribution in [1.29, 1.82) is 0 Å². The molecule has 0 saturated heterocycles. The van der Waals surface area contributed by atoms with Crippen LogP contribution in [0, 0.1) is 0 Å². The highest BCUT2D eigenvalue weighted by molar-refractivity contribution is 7.90. The number of anilines is 2. The fourth-order valence-electron chi connectivity index (χ4n) is 2.34. The second kappa shape index (κ2) is 6.21. The third kappa shape index (κ3) is 3.63.